The van der Waals surface area contributed by atoms with Gasteiger partial charge in [-0.05, 0) is 42.7 Å². The van der Waals surface area contributed by atoms with Crippen LogP contribution in [0.15, 0.2) is 53.0 Å². The predicted molar refractivity (Wildman–Crippen MR) is 125 cm³/mol. The Morgan fingerprint density at radius 3 is 2.66 bits per heavy atom. The van der Waals surface area contributed by atoms with Crippen LogP contribution in [0.2, 0.25) is 5.02 Å². The molecular weight excluding hydrogens is 472 g/mol. The monoisotopic (exact) mass is 496 g/mol. The molecule has 0 bridgehead atoms. The zero-order valence-electron chi connectivity index (χ0n) is 16.7. The Bertz CT molecular complexity index is 834. The van der Waals surface area contributed by atoms with Gasteiger partial charge in [-0.3, -0.25) is 9.59 Å². The Morgan fingerprint density at radius 1 is 1.21 bits per heavy atom. The van der Waals surface area contributed by atoms with Crippen LogP contribution in [0, 0.1) is 0 Å². The molecule has 0 radical (unpaired) electrons. The first kappa shape index (κ1) is 23.8. The zero-order chi connectivity index (χ0) is 21.2. The number of amides is 2. The van der Waals surface area contributed by atoms with Gasteiger partial charge in [-0.2, -0.15) is 0 Å². The average Bonchev–Trinajstić information content (AvgIpc) is 2.71. The maximum absolute atomic E-state index is 13.0. The van der Waals surface area contributed by atoms with Gasteiger partial charge in [0.25, 0.3) is 0 Å². The Hall–Kier alpha value is -1.50. The van der Waals surface area contributed by atoms with Gasteiger partial charge in [0.15, 0.2) is 0 Å². The van der Waals surface area contributed by atoms with Crippen LogP contribution in [-0.2, 0) is 21.9 Å². The lowest BCUT2D eigenvalue weighted by atomic mass is 10.1. The number of nitrogens with zero attached hydrogens (tertiary/aromatic N) is 1. The maximum atomic E-state index is 13.0. The highest BCUT2D eigenvalue weighted by atomic mass is 79.9. The van der Waals surface area contributed by atoms with Gasteiger partial charge in [-0.25, -0.2) is 0 Å². The minimum Gasteiger partial charge on any atom is -0.354 e. The van der Waals surface area contributed by atoms with Crippen molar-refractivity contribution < 1.29 is 9.59 Å². The number of nitrogens with one attached hydrogen (secondary N) is 1. The first-order chi connectivity index (χ1) is 13.9. The summed E-state index contributed by atoms with van der Waals surface area (Å²) >= 11 is 11.2. The highest BCUT2D eigenvalue weighted by molar-refractivity contribution is 9.10. The zero-order valence-corrected chi connectivity index (χ0v) is 19.8. The average molecular weight is 498 g/mol. The van der Waals surface area contributed by atoms with Gasteiger partial charge >= 0.3 is 0 Å². The number of carbonyl (C=O) groups excluding carboxylic acids is 2. The molecule has 0 spiro atoms. The van der Waals surface area contributed by atoms with Crippen molar-refractivity contribution in [2.24, 2.45) is 0 Å². The van der Waals surface area contributed by atoms with E-state index in [2.05, 4.69) is 21.2 Å². The largest absolute Gasteiger partial charge is 0.354 e. The molecule has 1 atom stereocenters. The highest BCUT2D eigenvalue weighted by Gasteiger charge is 2.25. The van der Waals surface area contributed by atoms with Crippen molar-refractivity contribution in [1.29, 1.82) is 0 Å². The van der Waals surface area contributed by atoms with Gasteiger partial charge in [-0.15, -0.1) is 11.8 Å². The fourth-order valence-electron chi connectivity index (χ4n) is 2.76. The molecule has 1 N–H and O–H groups in total. The molecule has 0 fully saturated rings. The first-order valence-corrected chi connectivity index (χ1v) is 11.9. The molecule has 4 nitrogen and oxygen atoms in total. The smallest absolute Gasteiger partial charge is 0.242 e. The molecule has 2 rings (SSSR count). The van der Waals surface area contributed by atoms with E-state index in [1.807, 2.05) is 55.5 Å². The summed E-state index contributed by atoms with van der Waals surface area (Å²) in [5.74, 6) is 0.726. The van der Waals surface area contributed by atoms with E-state index in [4.69, 9.17) is 11.6 Å². The van der Waals surface area contributed by atoms with E-state index in [9.17, 15) is 9.59 Å². The number of halogens is 2. The Balaban J connectivity index is 2.07. The number of hydrogen-bond acceptors (Lipinski definition) is 3. The molecule has 7 heteroatoms. The lowest BCUT2D eigenvalue weighted by Crippen LogP contribution is -2.48. The van der Waals surface area contributed by atoms with E-state index in [1.165, 1.54) is 11.8 Å². The van der Waals surface area contributed by atoms with Crippen LogP contribution < -0.4 is 5.32 Å². The third kappa shape index (κ3) is 7.68. The van der Waals surface area contributed by atoms with Crippen LogP contribution in [0.3, 0.4) is 0 Å². The van der Waals surface area contributed by atoms with Crippen LogP contribution in [-0.4, -0.2) is 35.1 Å². The molecule has 0 saturated carbocycles. The summed E-state index contributed by atoms with van der Waals surface area (Å²) in [5, 5.41) is 3.59. The maximum Gasteiger partial charge on any atom is 0.242 e. The van der Waals surface area contributed by atoms with Crippen molar-refractivity contribution in [2.75, 3.05) is 12.3 Å². The topological polar surface area (TPSA) is 49.4 Å². The van der Waals surface area contributed by atoms with Gasteiger partial charge in [-0.1, -0.05) is 64.8 Å². The molecule has 2 aromatic carbocycles. The molecular formula is C22H26BrClN2O2S. The molecule has 0 aliphatic rings. The Morgan fingerprint density at radius 2 is 1.97 bits per heavy atom. The lowest BCUT2D eigenvalue weighted by Gasteiger charge is -2.29. The van der Waals surface area contributed by atoms with Crippen molar-refractivity contribution in [1.82, 2.24) is 10.2 Å². The van der Waals surface area contributed by atoms with Crippen LogP contribution in [0.4, 0.5) is 0 Å². The number of carbonyl (C=O) groups is 2. The van der Waals surface area contributed by atoms with Crippen molar-refractivity contribution in [3.05, 3.63) is 69.2 Å². The summed E-state index contributed by atoms with van der Waals surface area (Å²) < 4.78 is 0.943. The van der Waals surface area contributed by atoms with Crippen LogP contribution in [0.5, 0.6) is 0 Å². The molecule has 0 unspecified atom stereocenters. The number of thioether (sulfide) groups is 1. The Kier molecular flexibility index (Phi) is 10.0. The standard InChI is InChI=1S/C22H26BrClN2O2S/c1-3-11-25-22(28)16(2)26(13-17-7-6-9-19(23)12-17)21(27)15-29-14-18-8-4-5-10-20(18)24/h4-10,12,16H,3,11,13-15H2,1-2H3,(H,25,28)/t16-/m0/s1. The third-order valence-electron chi connectivity index (χ3n) is 4.40. The number of hydrogen-bond donors (Lipinski definition) is 1. The van der Waals surface area contributed by atoms with E-state index < -0.39 is 6.04 Å². The van der Waals surface area contributed by atoms with Crippen LogP contribution in [0.1, 0.15) is 31.4 Å². The summed E-state index contributed by atoms with van der Waals surface area (Å²) in [6.45, 7) is 4.76. The molecule has 0 aromatic heterocycles. The quantitative estimate of drug-likeness (QED) is 0.486. The predicted octanol–water partition coefficient (Wildman–Crippen LogP) is 5.28. The van der Waals surface area contributed by atoms with E-state index in [-0.39, 0.29) is 17.6 Å². The number of benzene rings is 2. The SMILES string of the molecule is CCCNC(=O)[C@H](C)N(Cc1cccc(Br)c1)C(=O)CSCc1ccccc1Cl. The van der Waals surface area contributed by atoms with Crippen molar-refractivity contribution >= 4 is 51.1 Å². The minimum absolute atomic E-state index is 0.0684. The van der Waals surface area contributed by atoms with Gasteiger partial charge in [0, 0.05) is 28.3 Å². The molecule has 0 aliphatic carbocycles. The summed E-state index contributed by atoms with van der Waals surface area (Å²) in [5.41, 5.74) is 1.97. The van der Waals surface area contributed by atoms with Gasteiger partial charge in [0.1, 0.15) is 6.04 Å². The van der Waals surface area contributed by atoms with Crippen LogP contribution >= 0.6 is 39.3 Å². The molecule has 0 aliphatic heterocycles. The van der Waals surface area contributed by atoms with E-state index in [0.717, 1.165) is 22.0 Å². The van der Waals surface area contributed by atoms with Crippen LogP contribution in [0.25, 0.3) is 0 Å². The summed E-state index contributed by atoms with van der Waals surface area (Å²) in [7, 11) is 0. The fraction of sp³-hybridized carbons (Fsp3) is 0.364. The van der Waals surface area contributed by atoms with Gasteiger partial charge in [0.05, 0.1) is 5.75 Å². The molecule has 2 amide bonds. The molecule has 0 saturated heterocycles. The first-order valence-electron chi connectivity index (χ1n) is 9.55. The normalized spacial score (nSPS) is 11.7. The summed E-state index contributed by atoms with van der Waals surface area (Å²) in [6, 6.07) is 14.9. The molecule has 0 heterocycles. The van der Waals surface area contributed by atoms with Crippen molar-refractivity contribution in [3.63, 3.8) is 0 Å². The molecule has 2 aromatic rings. The van der Waals surface area contributed by atoms with E-state index in [1.54, 1.807) is 11.8 Å². The molecule has 156 valence electrons. The minimum atomic E-state index is -0.547. The summed E-state index contributed by atoms with van der Waals surface area (Å²) in [4.78, 5) is 27.2. The second-order valence-electron chi connectivity index (χ2n) is 6.70. The Labute approximate surface area is 190 Å². The van der Waals surface area contributed by atoms with Crippen molar-refractivity contribution in [2.45, 2.75) is 38.6 Å². The second-order valence-corrected chi connectivity index (χ2v) is 9.01. The number of rotatable bonds is 10. The second kappa shape index (κ2) is 12.3. The van der Waals surface area contributed by atoms with Crippen molar-refractivity contribution in [3.8, 4) is 0 Å². The van der Waals surface area contributed by atoms with E-state index >= 15 is 0 Å². The van der Waals surface area contributed by atoms with Gasteiger partial charge < -0.3 is 10.2 Å². The third-order valence-corrected chi connectivity index (χ3v) is 6.23. The van der Waals surface area contributed by atoms with E-state index in [0.29, 0.717) is 23.9 Å². The summed E-state index contributed by atoms with van der Waals surface area (Å²) in [6.07, 6.45) is 0.853. The van der Waals surface area contributed by atoms with Gasteiger partial charge in [0.2, 0.25) is 11.8 Å². The lowest BCUT2D eigenvalue weighted by molar-refractivity contribution is -0.138. The fourth-order valence-corrected chi connectivity index (χ4v) is 4.40. The highest BCUT2D eigenvalue weighted by Crippen LogP contribution is 2.22. The molecule has 29 heavy (non-hydrogen) atoms.